The summed E-state index contributed by atoms with van der Waals surface area (Å²) in [7, 11) is 0. The van der Waals surface area contributed by atoms with Crippen molar-refractivity contribution in [1.82, 2.24) is 4.90 Å². The first-order valence-electron chi connectivity index (χ1n) is 6.97. The summed E-state index contributed by atoms with van der Waals surface area (Å²) in [5.74, 6) is 0.794. The largest absolute Gasteiger partial charge is 0.286 e. The molecule has 2 unspecified atom stereocenters. The van der Waals surface area contributed by atoms with E-state index in [9.17, 15) is 5.26 Å². The van der Waals surface area contributed by atoms with Crippen LogP contribution in [0.2, 0.25) is 0 Å². The molecular weight excluding hydrogens is 196 g/mol. The normalized spacial score (nSPS) is 36.9. The Morgan fingerprint density at radius 1 is 1.25 bits per heavy atom. The maximum absolute atomic E-state index is 9.58. The number of rotatable bonds is 2. The molecular formula is C14H24N2. The Balaban J connectivity index is 2.06. The van der Waals surface area contributed by atoms with Crippen LogP contribution >= 0.6 is 0 Å². The molecule has 1 aliphatic heterocycles. The third-order valence-corrected chi connectivity index (χ3v) is 4.59. The van der Waals surface area contributed by atoms with Crippen molar-refractivity contribution in [3.8, 4) is 6.07 Å². The molecule has 1 heterocycles. The van der Waals surface area contributed by atoms with Crippen molar-refractivity contribution in [3.63, 3.8) is 0 Å². The lowest BCUT2D eigenvalue weighted by Gasteiger charge is -2.35. The van der Waals surface area contributed by atoms with Gasteiger partial charge in [0.15, 0.2) is 0 Å². The van der Waals surface area contributed by atoms with E-state index < -0.39 is 0 Å². The molecule has 2 rings (SSSR count). The van der Waals surface area contributed by atoms with Crippen molar-refractivity contribution >= 4 is 0 Å². The molecule has 0 bridgehead atoms. The zero-order valence-electron chi connectivity index (χ0n) is 10.5. The van der Waals surface area contributed by atoms with Crippen LogP contribution in [0.5, 0.6) is 0 Å². The van der Waals surface area contributed by atoms with Crippen LogP contribution in [0.4, 0.5) is 0 Å². The maximum atomic E-state index is 9.58. The molecule has 0 N–H and O–H groups in total. The van der Waals surface area contributed by atoms with Crippen LogP contribution in [-0.2, 0) is 0 Å². The molecule has 0 aromatic heterocycles. The van der Waals surface area contributed by atoms with Crippen molar-refractivity contribution in [3.05, 3.63) is 0 Å². The molecule has 0 aromatic carbocycles. The van der Waals surface area contributed by atoms with Crippen molar-refractivity contribution in [2.24, 2.45) is 5.92 Å². The van der Waals surface area contributed by atoms with E-state index in [-0.39, 0.29) is 5.54 Å². The first-order chi connectivity index (χ1) is 7.80. The van der Waals surface area contributed by atoms with Crippen LogP contribution < -0.4 is 0 Å². The Kier molecular flexibility index (Phi) is 3.86. The van der Waals surface area contributed by atoms with Crippen molar-refractivity contribution in [2.75, 3.05) is 13.1 Å². The van der Waals surface area contributed by atoms with Gasteiger partial charge in [-0.3, -0.25) is 4.90 Å². The molecule has 2 atom stereocenters. The van der Waals surface area contributed by atoms with Crippen molar-refractivity contribution < 1.29 is 0 Å². The van der Waals surface area contributed by atoms with E-state index in [1.807, 2.05) is 0 Å². The van der Waals surface area contributed by atoms with E-state index in [4.69, 9.17) is 0 Å². The van der Waals surface area contributed by atoms with Crippen LogP contribution in [0.15, 0.2) is 0 Å². The molecule has 1 saturated heterocycles. The SMILES string of the molecule is CCC1CCC(C#N)(N2CCCCCC2)C1. The summed E-state index contributed by atoms with van der Waals surface area (Å²) in [6, 6.07) is 2.67. The highest BCUT2D eigenvalue weighted by Crippen LogP contribution is 2.40. The molecule has 2 heteroatoms. The third kappa shape index (κ3) is 2.25. The van der Waals surface area contributed by atoms with E-state index in [2.05, 4.69) is 17.9 Å². The second-order valence-electron chi connectivity index (χ2n) is 5.56. The molecule has 1 saturated carbocycles. The van der Waals surface area contributed by atoms with E-state index in [1.165, 1.54) is 38.5 Å². The molecule has 90 valence electrons. The predicted molar refractivity (Wildman–Crippen MR) is 66.0 cm³/mol. The van der Waals surface area contributed by atoms with Crippen LogP contribution in [0.3, 0.4) is 0 Å². The number of nitriles is 1. The average molecular weight is 220 g/mol. The van der Waals surface area contributed by atoms with Crippen LogP contribution in [0.1, 0.15) is 58.3 Å². The zero-order valence-corrected chi connectivity index (χ0v) is 10.5. The lowest BCUT2D eigenvalue weighted by atomic mass is 9.94. The Bertz CT molecular complexity index is 260. The lowest BCUT2D eigenvalue weighted by Crippen LogP contribution is -2.46. The molecule has 2 nitrogen and oxygen atoms in total. The number of hydrogen-bond acceptors (Lipinski definition) is 2. The maximum Gasteiger partial charge on any atom is 0.109 e. The molecule has 1 aliphatic carbocycles. The average Bonchev–Trinajstić information content (AvgIpc) is 2.56. The molecule has 0 radical (unpaired) electrons. The topological polar surface area (TPSA) is 27.0 Å². The van der Waals surface area contributed by atoms with Gasteiger partial charge in [-0.25, -0.2) is 0 Å². The van der Waals surface area contributed by atoms with E-state index in [1.54, 1.807) is 0 Å². The minimum Gasteiger partial charge on any atom is -0.286 e. The fourth-order valence-electron chi connectivity index (χ4n) is 3.43. The van der Waals surface area contributed by atoms with Gasteiger partial charge in [0.05, 0.1) is 6.07 Å². The van der Waals surface area contributed by atoms with E-state index >= 15 is 0 Å². The fourth-order valence-corrected chi connectivity index (χ4v) is 3.43. The van der Waals surface area contributed by atoms with Gasteiger partial charge >= 0.3 is 0 Å². The molecule has 0 amide bonds. The van der Waals surface area contributed by atoms with E-state index in [0.29, 0.717) is 0 Å². The highest BCUT2D eigenvalue weighted by Gasteiger charge is 2.43. The van der Waals surface area contributed by atoms with Crippen LogP contribution in [-0.4, -0.2) is 23.5 Å². The number of hydrogen-bond donors (Lipinski definition) is 0. The summed E-state index contributed by atoms with van der Waals surface area (Å²) in [5.41, 5.74) is -0.0922. The van der Waals surface area contributed by atoms with E-state index in [0.717, 1.165) is 31.8 Å². The van der Waals surface area contributed by atoms with Gasteiger partial charge in [0.25, 0.3) is 0 Å². The Labute approximate surface area is 99.6 Å². The minimum absolute atomic E-state index is 0.0922. The minimum atomic E-state index is -0.0922. The summed E-state index contributed by atoms with van der Waals surface area (Å²) in [4.78, 5) is 2.51. The van der Waals surface area contributed by atoms with Crippen LogP contribution in [0, 0.1) is 17.2 Å². The molecule has 16 heavy (non-hydrogen) atoms. The summed E-state index contributed by atoms with van der Waals surface area (Å²) < 4.78 is 0. The first-order valence-corrected chi connectivity index (χ1v) is 6.97. The highest BCUT2D eigenvalue weighted by atomic mass is 15.2. The molecule has 2 fully saturated rings. The van der Waals surface area contributed by atoms with Gasteiger partial charge < -0.3 is 0 Å². The van der Waals surface area contributed by atoms with Gasteiger partial charge in [-0.1, -0.05) is 26.2 Å². The van der Waals surface area contributed by atoms with Crippen molar-refractivity contribution in [2.45, 2.75) is 63.8 Å². The quantitative estimate of drug-likeness (QED) is 0.713. The standard InChI is InChI=1S/C14H24N2/c1-2-13-7-8-14(11-13,12-15)16-9-5-3-4-6-10-16/h13H,2-11H2,1H3. The number of nitrogens with zero attached hydrogens (tertiary/aromatic N) is 2. The lowest BCUT2D eigenvalue weighted by molar-refractivity contribution is 0.142. The fraction of sp³-hybridized carbons (Fsp3) is 0.929. The second-order valence-corrected chi connectivity index (χ2v) is 5.56. The van der Waals surface area contributed by atoms with Crippen molar-refractivity contribution in [1.29, 1.82) is 5.26 Å². The van der Waals surface area contributed by atoms with Gasteiger partial charge in [0, 0.05) is 0 Å². The zero-order chi connectivity index (χ0) is 11.4. The Morgan fingerprint density at radius 3 is 2.44 bits per heavy atom. The summed E-state index contributed by atoms with van der Waals surface area (Å²) >= 11 is 0. The third-order valence-electron chi connectivity index (χ3n) is 4.59. The van der Waals surface area contributed by atoms with Gasteiger partial charge in [0.2, 0.25) is 0 Å². The summed E-state index contributed by atoms with van der Waals surface area (Å²) in [5, 5.41) is 9.58. The molecule has 0 aromatic rings. The Hall–Kier alpha value is -0.550. The second kappa shape index (κ2) is 5.19. The number of likely N-dealkylation sites (tertiary alicyclic amines) is 1. The smallest absolute Gasteiger partial charge is 0.109 e. The van der Waals surface area contributed by atoms with Gasteiger partial charge in [-0.15, -0.1) is 0 Å². The highest BCUT2D eigenvalue weighted by molar-refractivity contribution is 5.12. The molecule has 0 spiro atoms. The van der Waals surface area contributed by atoms with Gasteiger partial charge in [-0.2, -0.15) is 5.26 Å². The van der Waals surface area contributed by atoms with Gasteiger partial charge in [0.1, 0.15) is 5.54 Å². The summed E-state index contributed by atoms with van der Waals surface area (Å²) in [6.45, 7) is 4.58. The predicted octanol–water partition coefficient (Wildman–Crippen LogP) is 3.33. The van der Waals surface area contributed by atoms with Gasteiger partial charge in [-0.05, 0) is 51.1 Å². The monoisotopic (exact) mass is 220 g/mol. The summed E-state index contributed by atoms with van der Waals surface area (Å²) in [6.07, 6.45) is 10.0. The van der Waals surface area contributed by atoms with Crippen LogP contribution in [0.25, 0.3) is 0 Å². The Morgan fingerprint density at radius 2 is 1.94 bits per heavy atom. The first kappa shape index (κ1) is 11.9. The molecule has 2 aliphatic rings.